The van der Waals surface area contributed by atoms with Crippen molar-refractivity contribution in [2.75, 3.05) is 24.4 Å². The Hall–Kier alpha value is -2.75. The number of hydrogen-bond donors (Lipinski definition) is 3. The number of carbonyl (C=O) groups is 1. The van der Waals surface area contributed by atoms with Gasteiger partial charge in [-0.05, 0) is 12.1 Å². The summed E-state index contributed by atoms with van der Waals surface area (Å²) in [6.45, 7) is 0. The van der Waals surface area contributed by atoms with Crippen LogP contribution >= 0.6 is 0 Å². The molecule has 2 rings (SSSR count). The van der Waals surface area contributed by atoms with Gasteiger partial charge in [0.1, 0.15) is 16.5 Å². The molecular formula is C12H14N6O3S. The van der Waals surface area contributed by atoms with Crippen LogP contribution in [-0.2, 0) is 9.84 Å². The molecule has 0 unspecified atom stereocenters. The van der Waals surface area contributed by atoms with Crippen molar-refractivity contribution in [3.63, 3.8) is 0 Å². The Morgan fingerprint density at radius 1 is 1.32 bits per heavy atom. The Labute approximate surface area is 126 Å². The third kappa shape index (κ3) is 3.28. The monoisotopic (exact) mass is 322 g/mol. The summed E-state index contributed by atoms with van der Waals surface area (Å²) in [5, 5.41) is 12.5. The number of rotatable bonds is 4. The first-order chi connectivity index (χ1) is 10.3. The molecule has 0 spiro atoms. The normalized spacial score (nSPS) is 11.0. The van der Waals surface area contributed by atoms with Crippen molar-refractivity contribution in [2.45, 2.75) is 4.90 Å². The lowest BCUT2D eigenvalue weighted by Crippen LogP contribution is -2.22. The van der Waals surface area contributed by atoms with Crippen molar-refractivity contribution in [2.24, 2.45) is 0 Å². The first-order valence-electron chi connectivity index (χ1n) is 6.10. The fraction of sp³-hybridized carbons (Fsp3) is 0.167. The molecule has 0 saturated heterocycles. The number of anilines is 3. The minimum atomic E-state index is -3.50. The first kappa shape index (κ1) is 15.6. The molecule has 0 saturated carbocycles. The molecule has 0 atom stereocenters. The van der Waals surface area contributed by atoms with E-state index in [1.54, 1.807) is 0 Å². The van der Waals surface area contributed by atoms with E-state index in [-0.39, 0.29) is 27.9 Å². The van der Waals surface area contributed by atoms with Crippen molar-refractivity contribution >= 4 is 33.1 Å². The molecule has 1 amide bonds. The highest BCUT2D eigenvalue weighted by molar-refractivity contribution is 7.90. The highest BCUT2D eigenvalue weighted by atomic mass is 32.2. The highest BCUT2D eigenvalue weighted by Gasteiger charge is 2.18. The Morgan fingerprint density at radius 2 is 2.05 bits per heavy atom. The van der Waals surface area contributed by atoms with Gasteiger partial charge in [0.05, 0.1) is 5.69 Å². The van der Waals surface area contributed by atoms with Gasteiger partial charge in [0.15, 0.2) is 15.5 Å². The number of amides is 1. The van der Waals surface area contributed by atoms with Gasteiger partial charge in [-0.1, -0.05) is 0 Å². The second kappa shape index (κ2) is 5.93. The van der Waals surface area contributed by atoms with Crippen LogP contribution in [-0.4, -0.2) is 42.8 Å². The van der Waals surface area contributed by atoms with Crippen molar-refractivity contribution in [3.05, 3.63) is 30.1 Å². The van der Waals surface area contributed by atoms with Crippen LogP contribution in [0.25, 0.3) is 0 Å². The van der Waals surface area contributed by atoms with Gasteiger partial charge >= 0.3 is 0 Å². The van der Waals surface area contributed by atoms with E-state index >= 15 is 0 Å². The number of aromatic nitrogens is 3. The Morgan fingerprint density at radius 3 is 2.68 bits per heavy atom. The number of pyridine rings is 1. The van der Waals surface area contributed by atoms with Crippen LogP contribution in [0.15, 0.2) is 29.3 Å². The molecule has 2 aromatic rings. The maximum absolute atomic E-state index is 11.8. The first-order valence-corrected chi connectivity index (χ1v) is 7.99. The Kier molecular flexibility index (Phi) is 4.22. The second-order valence-electron chi connectivity index (χ2n) is 4.36. The van der Waals surface area contributed by atoms with Gasteiger partial charge in [-0.3, -0.25) is 4.79 Å². The molecule has 0 bridgehead atoms. The van der Waals surface area contributed by atoms with Gasteiger partial charge in [0, 0.05) is 25.6 Å². The van der Waals surface area contributed by atoms with Crippen molar-refractivity contribution < 1.29 is 13.2 Å². The van der Waals surface area contributed by atoms with Crippen LogP contribution in [0.4, 0.5) is 17.3 Å². The Bertz CT molecular complexity index is 821. The Balaban J connectivity index is 2.53. The SMILES string of the molecule is CNC(=O)c1nnc(N)cc1Nc1ncccc1S(C)(=O)=O. The lowest BCUT2D eigenvalue weighted by molar-refractivity contribution is 0.0958. The summed E-state index contributed by atoms with van der Waals surface area (Å²) in [7, 11) is -2.06. The maximum Gasteiger partial charge on any atom is 0.273 e. The molecule has 0 radical (unpaired) electrons. The average molecular weight is 322 g/mol. The predicted octanol–water partition coefficient (Wildman–Crippen LogP) is -0.0395. The molecule has 2 aromatic heterocycles. The van der Waals surface area contributed by atoms with Crippen LogP contribution in [0, 0.1) is 0 Å². The third-order valence-electron chi connectivity index (χ3n) is 2.68. The van der Waals surface area contributed by atoms with Crippen molar-refractivity contribution in [1.29, 1.82) is 0 Å². The number of sulfone groups is 1. The number of nitrogens with two attached hydrogens (primary N) is 1. The van der Waals surface area contributed by atoms with Gasteiger partial charge in [-0.25, -0.2) is 13.4 Å². The van der Waals surface area contributed by atoms with Crippen LogP contribution in [0.5, 0.6) is 0 Å². The van der Waals surface area contributed by atoms with Crippen molar-refractivity contribution in [3.8, 4) is 0 Å². The number of nitrogen functional groups attached to an aromatic ring is 1. The quantitative estimate of drug-likeness (QED) is 0.712. The smallest absolute Gasteiger partial charge is 0.273 e. The molecule has 0 aliphatic carbocycles. The third-order valence-corrected chi connectivity index (χ3v) is 3.81. The summed E-state index contributed by atoms with van der Waals surface area (Å²) in [4.78, 5) is 15.8. The van der Waals surface area contributed by atoms with Crippen LogP contribution in [0.1, 0.15) is 10.5 Å². The second-order valence-corrected chi connectivity index (χ2v) is 6.34. The molecular weight excluding hydrogens is 308 g/mol. The van der Waals surface area contributed by atoms with Crippen LogP contribution in [0.2, 0.25) is 0 Å². The molecule has 116 valence electrons. The summed E-state index contributed by atoms with van der Waals surface area (Å²) in [5.74, 6) is -0.346. The van der Waals surface area contributed by atoms with E-state index in [0.29, 0.717) is 0 Å². The number of carbonyl (C=O) groups excluding carboxylic acids is 1. The summed E-state index contributed by atoms with van der Waals surface area (Å²) in [5.41, 5.74) is 5.74. The standard InChI is InChI=1S/C12H14N6O3S/c1-14-12(19)10-7(6-9(13)17-18-10)16-11-8(22(2,20)21)4-3-5-15-11/h3-6H,1-2H3,(H,14,19)(H3,13,15,16,17). The summed E-state index contributed by atoms with van der Waals surface area (Å²) in [6.07, 6.45) is 2.49. The molecule has 9 nitrogen and oxygen atoms in total. The molecule has 10 heteroatoms. The largest absolute Gasteiger partial charge is 0.382 e. The average Bonchev–Trinajstić information content (AvgIpc) is 2.46. The summed E-state index contributed by atoms with van der Waals surface area (Å²) >= 11 is 0. The van der Waals surface area contributed by atoms with Gasteiger partial charge in [0.2, 0.25) is 0 Å². The zero-order chi connectivity index (χ0) is 16.3. The van der Waals surface area contributed by atoms with Gasteiger partial charge < -0.3 is 16.4 Å². The molecule has 22 heavy (non-hydrogen) atoms. The number of nitrogens with zero attached hydrogens (tertiary/aromatic N) is 3. The fourth-order valence-electron chi connectivity index (χ4n) is 1.70. The van der Waals surface area contributed by atoms with Crippen molar-refractivity contribution in [1.82, 2.24) is 20.5 Å². The van der Waals surface area contributed by atoms with E-state index in [0.717, 1.165) is 6.26 Å². The minimum Gasteiger partial charge on any atom is -0.382 e. The minimum absolute atomic E-state index is 0.00626. The summed E-state index contributed by atoms with van der Waals surface area (Å²) < 4.78 is 23.5. The van der Waals surface area contributed by atoms with E-state index in [1.165, 1.54) is 31.4 Å². The van der Waals surface area contributed by atoms with E-state index in [9.17, 15) is 13.2 Å². The molecule has 0 aromatic carbocycles. The van der Waals surface area contributed by atoms with Crippen LogP contribution < -0.4 is 16.4 Å². The zero-order valence-corrected chi connectivity index (χ0v) is 12.7. The molecule has 4 N–H and O–H groups in total. The van der Waals surface area contributed by atoms with E-state index in [2.05, 4.69) is 25.8 Å². The van der Waals surface area contributed by atoms with Gasteiger partial charge in [0.25, 0.3) is 5.91 Å². The molecule has 0 fully saturated rings. The van der Waals surface area contributed by atoms with E-state index < -0.39 is 15.7 Å². The van der Waals surface area contributed by atoms with E-state index in [1.807, 2.05) is 0 Å². The van der Waals surface area contributed by atoms with E-state index in [4.69, 9.17) is 5.73 Å². The summed E-state index contributed by atoms with van der Waals surface area (Å²) in [6, 6.07) is 4.28. The molecule has 0 aliphatic heterocycles. The highest BCUT2D eigenvalue weighted by Crippen LogP contribution is 2.24. The predicted molar refractivity (Wildman–Crippen MR) is 80.5 cm³/mol. The lowest BCUT2D eigenvalue weighted by Gasteiger charge is -2.12. The zero-order valence-electron chi connectivity index (χ0n) is 11.9. The maximum atomic E-state index is 11.8. The molecule has 2 heterocycles. The molecule has 0 aliphatic rings. The van der Waals surface area contributed by atoms with Gasteiger partial charge in [-0.2, -0.15) is 0 Å². The van der Waals surface area contributed by atoms with Crippen LogP contribution in [0.3, 0.4) is 0 Å². The topological polar surface area (TPSA) is 140 Å². The number of hydrogen-bond acceptors (Lipinski definition) is 8. The lowest BCUT2D eigenvalue weighted by atomic mass is 10.3. The fourth-order valence-corrected chi connectivity index (χ4v) is 2.48. The number of nitrogens with one attached hydrogen (secondary N) is 2. The van der Waals surface area contributed by atoms with Gasteiger partial charge in [-0.15, -0.1) is 10.2 Å².